The molecular weight excluding hydrogens is 235 g/mol. The highest BCUT2D eigenvalue weighted by atomic mass is 19.1. The SMILES string of the molecule is COc1cc(Nc2nc(N)ncc2C)ccc1F. The first-order chi connectivity index (χ1) is 8.60. The van der Waals surface area contributed by atoms with Gasteiger partial charge in [-0.1, -0.05) is 0 Å². The van der Waals surface area contributed by atoms with Gasteiger partial charge in [0.25, 0.3) is 0 Å². The van der Waals surface area contributed by atoms with Crippen LogP contribution in [0.2, 0.25) is 0 Å². The first kappa shape index (κ1) is 12.1. The van der Waals surface area contributed by atoms with E-state index in [-0.39, 0.29) is 11.7 Å². The Morgan fingerprint density at radius 3 is 2.89 bits per heavy atom. The minimum atomic E-state index is -0.415. The van der Waals surface area contributed by atoms with Crippen LogP contribution in [0.15, 0.2) is 24.4 Å². The fraction of sp³-hybridized carbons (Fsp3) is 0.167. The zero-order chi connectivity index (χ0) is 13.1. The summed E-state index contributed by atoms with van der Waals surface area (Å²) in [6, 6.07) is 4.46. The Morgan fingerprint density at radius 1 is 1.39 bits per heavy atom. The zero-order valence-electron chi connectivity index (χ0n) is 10.1. The van der Waals surface area contributed by atoms with Crippen molar-refractivity contribution in [3.8, 4) is 5.75 Å². The lowest BCUT2D eigenvalue weighted by molar-refractivity contribution is 0.387. The number of aromatic nitrogens is 2. The van der Waals surface area contributed by atoms with Crippen molar-refractivity contribution in [1.82, 2.24) is 9.97 Å². The van der Waals surface area contributed by atoms with Crippen LogP contribution in [0.3, 0.4) is 0 Å². The van der Waals surface area contributed by atoms with Gasteiger partial charge in [0.2, 0.25) is 5.95 Å². The smallest absolute Gasteiger partial charge is 0.221 e. The summed E-state index contributed by atoms with van der Waals surface area (Å²) in [4.78, 5) is 7.94. The highest BCUT2D eigenvalue weighted by Crippen LogP contribution is 2.24. The molecule has 0 fully saturated rings. The molecule has 2 rings (SSSR count). The van der Waals surface area contributed by atoms with E-state index in [0.29, 0.717) is 11.5 Å². The number of methoxy groups -OCH3 is 1. The van der Waals surface area contributed by atoms with E-state index in [1.54, 1.807) is 18.3 Å². The Bertz CT molecular complexity index is 574. The van der Waals surface area contributed by atoms with Crippen molar-refractivity contribution in [3.63, 3.8) is 0 Å². The number of hydrogen-bond acceptors (Lipinski definition) is 5. The molecule has 5 nitrogen and oxygen atoms in total. The monoisotopic (exact) mass is 248 g/mol. The first-order valence-electron chi connectivity index (χ1n) is 5.30. The molecule has 0 atom stereocenters. The maximum absolute atomic E-state index is 13.3. The number of aryl methyl sites for hydroxylation is 1. The standard InChI is InChI=1S/C12H13FN4O/c1-7-6-15-12(14)17-11(7)16-8-3-4-9(13)10(5-8)18-2/h3-6H,1-2H3,(H3,14,15,16,17). The van der Waals surface area contributed by atoms with E-state index in [4.69, 9.17) is 10.5 Å². The fourth-order valence-electron chi connectivity index (χ4n) is 1.46. The predicted molar refractivity (Wildman–Crippen MR) is 67.4 cm³/mol. The number of nitrogen functional groups attached to an aromatic ring is 1. The number of halogens is 1. The third-order valence-electron chi connectivity index (χ3n) is 2.40. The molecule has 0 aliphatic heterocycles. The number of anilines is 3. The molecule has 3 N–H and O–H groups in total. The lowest BCUT2D eigenvalue weighted by Gasteiger charge is -2.10. The number of rotatable bonds is 3. The van der Waals surface area contributed by atoms with E-state index < -0.39 is 5.82 Å². The molecule has 0 radical (unpaired) electrons. The average molecular weight is 248 g/mol. The molecular formula is C12H13FN4O. The van der Waals surface area contributed by atoms with Crippen molar-refractivity contribution >= 4 is 17.5 Å². The van der Waals surface area contributed by atoms with E-state index in [1.165, 1.54) is 13.2 Å². The summed E-state index contributed by atoms with van der Waals surface area (Å²) in [7, 11) is 1.41. The summed E-state index contributed by atoms with van der Waals surface area (Å²) in [6.07, 6.45) is 1.62. The summed E-state index contributed by atoms with van der Waals surface area (Å²) in [5, 5.41) is 3.04. The zero-order valence-corrected chi connectivity index (χ0v) is 10.1. The highest BCUT2D eigenvalue weighted by molar-refractivity contribution is 5.61. The lowest BCUT2D eigenvalue weighted by Crippen LogP contribution is -2.02. The summed E-state index contributed by atoms with van der Waals surface area (Å²) < 4.78 is 18.2. The molecule has 6 heteroatoms. The Kier molecular flexibility index (Phi) is 3.27. The average Bonchev–Trinajstić information content (AvgIpc) is 2.36. The number of nitrogens with two attached hydrogens (primary N) is 1. The molecule has 94 valence electrons. The van der Waals surface area contributed by atoms with Crippen molar-refractivity contribution in [3.05, 3.63) is 35.8 Å². The van der Waals surface area contributed by atoms with Gasteiger partial charge in [0, 0.05) is 23.5 Å². The number of benzene rings is 1. The van der Waals surface area contributed by atoms with E-state index in [9.17, 15) is 4.39 Å². The summed E-state index contributed by atoms with van der Waals surface area (Å²) in [6.45, 7) is 1.85. The van der Waals surface area contributed by atoms with Crippen LogP contribution >= 0.6 is 0 Å². The quantitative estimate of drug-likeness (QED) is 0.871. The van der Waals surface area contributed by atoms with Crippen LogP contribution in [0.5, 0.6) is 5.75 Å². The van der Waals surface area contributed by atoms with Crippen LogP contribution in [0.25, 0.3) is 0 Å². The lowest BCUT2D eigenvalue weighted by atomic mass is 10.2. The van der Waals surface area contributed by atoms with Gasteiger partial charge in [-0.25, -0.2) is 9.37 Å². The second-order valence-electron chi connectivity index (χ2n) is 3.73. The maximum Gasteiger partial charge on any atom is 0.221 e. The molecule has 1 aromatic heterocycles. The van der Waals surface area contributed by atoms with Gasteiger partial charge in [0.15, 0.2) is 11.6 Å². The molecule has 2 aromatic rings. The topological polar surface area (TPSA) is 73.1 Å². The number of hydrogen-bond donors (Lipinski definition) is 2. The van der Waals surface area contributed by atoms with Gasteiger partial charge in [0.1, 0.15) is 5.82 Å². The molecule has 0 aliphatic rings. The van der Waals surface area contributed by atoms with Gasteiger partial charge < -0.3 is 15.8 Å². The molecule has 1 heterocycles. The van der Waals surface area contributed by atoms with Crippen LogP contribution in [0.4, 0.5) is 21.8 Å². The van der Waals surface area contributed by atoms with Crippen LogP contribution < -0.4 is 15.8 Å². The van der Waals surface area contributed by atoms with Crippen LogP contribution in [0, 0.1) is 12.7 Å². The minimum Gasteiger partial charge on any atom is -0.494 e. The van der Waals surface area contributed by atoms with Gasteiger partial charge in [0.05, 0.1) is 7.11 Å². The Balaban J connectivity index is 2.31. The van der Waals surface area contributed by atoms with Crippen LogP contribution in [-0.2, 0) is 0 Å². The number of nitrogens with zero attached hydrogens (tertiary/aromatic N) is 2. The summed E-state index contributed by atoms with van der Waals surface area (Å²) in [5.41, 5.74) is 7.02. The largest absolute Gasteiger partial charge is 0.494 e. The van der Waals surface area contributed by atoms with Gasteiger partial charge >= 0.3 is 0 Å². The second-order valence-corrected chi connectivity index (χ2v) is 3.73. The van der Waals surface area contributed by atoms with E-state index >= 15 is 0 Å². The molecule has 0 aliphatic carbocycles. The Morgan fingerprint density at radius 2 is 2.17 bits per heavy atom. The molecule has 18 heavy (non-hydrogen) atoms. The third kappa shape index (κ3) is 2.48. The summed E-state index contributed by atoms with van der Waals surface area (Å²) >= 11 is 0. The molecule has 0 unspecified atom stereocenters. The van der Waals surface area contributed by atoms with Crippen molar-refractivity contribution < 1.29 is 9.13 Å². The molecule has 0 amide bonds. The number of nitrogens with one attached hydrogen (secondary N) is 1. The first-order valence-corrected chi connectivity index (χ1v) is 5.30. The minimum absolute atomic E-state index is 0.166. The summed E-state index contributed by atoms with van der Waals surface area (Å²) in [5.74, 6) is 0.509. The Hall–Kier alpha value is -2.37. The van der Waals surface area contributed by atoms with E-state index in [2.05, 4.69) is 15.3 Å². The van der Waals surface area contributed by atoms with Gasteiger partial charge in [-0.2, -0.15) is 4.98 Å². The maximum atomic E-state index is 13.3. The highest BCUT2D eigenvalue weighted by Gasteiger charge is 2.06. The molecule has 0 saturated heterocycles. The van der Waals surface area contributed by atoms with Crippen molar-refractivity contribution in [1.29, 1.82) is 0 Å². The fourth-order valence-corrected chi connectivity index (χ4v) is 1.46. The Labute approximate surface area is 104 Å². The molecule has 0 spiro atoms. The van der Waals surface area contributed by atoms with E-state index in [1.807, 2.05) is 6.92 Å². The van der Waals surface area contributed by atoms with Gasteiger partial charge in [-0.05, 0) is 19.1 Å². The van der Waals surface area contributed by atoms with Crippen molar-refractivity contribution in [2.24, 2.45) is 0 Å². The van der Waals surface area contributed by atoms with Crippen LogP contribution in [0.1, 0.15) is 5.56 Å². The second kappa shape index (κ2) is 4.87. The molecule has 1 aromatic carbocycles. The third-order valence-corrected chi connectivity index (χ3v) is 2.40. The van der Waals surface area contributed by atoms with E-state index in [0.717, 1.165) is 5.56 Å². The molecule has 0 bridgehead atoms. The van der Waals surface area contributed by atoms with Crippen molar-refractivity contribution in [2.45, 2.75) is 6.92 Å². The van der Waals surface area contributed by atoms with Crippen molar-refractivity contribution in [2.75, 3.05) is 18.2 Å². The van der Waals surface area contributed by atoms with Gasteiger partial charge in [-0.3, -0.25) is 0 Å². The number of ether oxygens (including phenoxy) is 1. The molecule has 0 saturated carbocycles. The predicted octanol–water partition coefficient (Wildman–Crippen LogP) is 2.26. The normalized spacial score (nSPS) is 10.2. The van der Waals surface area contributed by atoms with Crippen LogP contribution in [-0.4, -0.2) is 17.1 Å². The van der Waals surface area contributed by atoms with Gasteiger partial charge in [-0.15, -0.1) is 0 Å².